The number of amides is 1. The van der Waals surface area contributed by atoms with Crippen LogP contribution in [0.2, 0.25) is 0 Å². The first-order valence-corrected chi connectivity index (χ1v) is 6.87. The van der Waals surface area contributed by atoms with Gasteiger partial charge >= 0.3 is 0 Å². The number of carbonyl (C=O) groups excluding carboxylic acids is 1. The summed E-state index contributed by atoms with van der Waals surface area (Å²) in [5, 5.41) is 5.69. The summed E-state index contributed by atoms with van der Waals surface area (Å²) in [5.41, 5.74) is 1.50. The fraction of sp³-hybridized carbons (Fsp3) is 0.250. The molecule has 0 aliphatic rings. The van der Waals surface area contributed by atoms with Crippen LogP contribution in [0.25, 0.3) is 0 Å². The lowest BCUT2D eigenvalue weighted by molar-refractivity contribution is 0.102. The second-order valence-electron chi connectivity index (χ2n) is 4.79. The molecule has 0 bridgehead atoms. The number of rotatable bonds is 5. The fourth-order valence-corrected chi connectivity index (χ4v) is 1.85. The van der Waals surface area contributed by atoms with Gasteiger partial charge in [0.05, 0.1) is 5.69 Å². The predicted octanol–water partition coefficient (Wildman–Crippen LogP) is 3.60. The standard InChI is InChI=1S/C16H18FN3O/c1-3-7-18-15-10-12(6-8-19-15)16(21)20-14-9-11(2)4-5-13(14)17/h4-6,8-10H,3,7H2,1-2H3,(H,18,19)(H,20,21). The third-order valence-corrected chi connectivity index (χ3v) is 2.95. The molecule has 2 aromatic rings. The van der Waals surface area contributed by atoms with Gasteiger partial charge in [-0.2, -0.15) is 0 Å². The number of aromatic nitrogens is 1. The number of hydrogen-bond donors (Lipinski definition) is 2. The van der Waals surface area contributed by atoms with E-state index >= 15 is 0 Å². The van der Waals surface area contributed by atoms with Crippen LogP contribution < -0.4 is 10.6 Å². The van der Waals surface area contributed by atoms with Crippen LogP contribution in [0.3, 0.4) is 0 Å². The fourth-order valence-electron chi connectivity index (χ4n) is 1.85. The van der Waals surface area contributed by atoms with Gasteiger partial charge in [0.1, 0.15) is 11.6 Å². The lowest BCUT2D eigenvalue weighted by atomic mass is 10.2. The summed E-state index contributed by atoms with van der Waals surface area (Å²) in [5.74, 6) is -0.178. The van der Waals surface area contributed by atoms with E-state index < -0.39 is 5.82 Å². The van der Waals surface area contributed by atoms with Crippen molar-refractivity contribution < 1.29 is 9.18 Å². The molecule has 2 N–H and O–H groups in total. The van der Waals surface area contributed by atoms with Crippen molar-refractivity contribution in [2.45, 2.75) is 20.3 Å². The van der Waals surface area contributed by atoms with Gasteiger partial charge in [-0.3, -0.25) is 4.79 Å². The van der Waals surface area contributed by atoms with Crippen LogP contribution in [-0.2, 0) is 0 Å². The van der Waals surface area contributed by atoms with Crippen molar-refractivity contribution in [2.75, 3.05) is 17.2 Å². The van der Waals surface area contributed by atoms with Gasteiger partial charge in [-0.15, -0.1) is 0 Å². The highest BCUT2D eigenvalue weighted by Crippen LogP contribution is 2.17. The van der Waals surface area contributed by atoms with Gasteiger partial charge < -0.3 is 10.6 Å². The molecule has 0 saturated heterocycles. The topological polar surface area (TPSA) is 54.0 Å². The summed E-state index contributed by atoms with van der Waals surface area (Å²) in [4.78, 5) is 16.3. The molecule has 110 valence electrons. The Morgan fingerprint density at radius 1 is 1.29 bits per heavy atom. The van der Waals surface area contributed by atoms with Gasteiger partial charge in [0.2, 0.25) is 0 Å². The Hall–Kier alpha value is -2.43. The number of halogens is 1. The van der Waals surface area contributed by atoms with Gasteiger partial charge in [0.15, 0.2) is 0 Å². The number of carbonyl (C=O) groups is 1. The van der Waals surface area contributed by atoms with Crippen LogP contribution in [0.5, 0.6) is 0 Å². The van der Waals surface area contributed by atoms with Crippen LogP contribution >= 0.6 is 0 Å². The van der Waals surface area contributed by atoms with Crippen molar-refractivity contribution in [1.29, 1.82) is 0 Å². The molecule has 0 saturated carbocycles. The first kappa shape index (κ1) is 15.0. The molecule has 0 fully saturated rings. The lowest BCUT2D eigenvalue weighted by Crippen LogP contribution is -2.14. The van der Waals surface area contributed by atoms with E-state index in [1.807, 2.05) is 13.8 Å². The maximum atomic E-state index is 13.7. The number of hydrogen-bond acceptors (Lipinski definition) is 3. The third kappa shape index (κ3) is 4.02. The quantitative estimate of drug-likeness (QED) is 0.883. The smallest absolute Gasteiger partial charge is 0.255 e. The second kappa shape index (κ2) is 6.83. The zero-order valence-electron chi connectivity index (χ0n) is 12.1. The second-order valence-corrected chi connectivity index (χ2v) is 4.79. The van der Waals surface area contributed by atoms with E-state index in [1.165, 1.54) is 6.07 Å². The largest absolute Gasteiger partial charge is 0.370 e. The van der Waals surface area contributed by atoms with E-state index in [0.29, 0.717) is 11.4 Å². The average Bonchev–Trinajstić information content (AvgIpc) is 2.49. The third-order valence-electron chi connectivity index (χ3n) is 2.95. The molecule has 0 aliphatic heterocycles. The van der Waals surface area contributed by atoms with Crippen molar-refractivity contribution >= 4 is 17.4 Å². The minimum Gasteiger partial charge on any atom is -0.370 e. The molecule has 4 nitrogen and oxygen atoms in total. The highest BCUT2D eigenvalue weighted by atomic mass is 19.1. The summed E-state index contributed by atoms with van der Waals surface area (Å²) in [6.45, 7) is 4.67. The van der Waals surface area contributed by atoms with Gasteiger partial charge in [-0.05, 0) is 43.2 Å². The minimum atomic E-state index is -0.452. The van der Waals surface area contributed by atoms with Crippen LogP contribution in [0.15, 0.2) is 36.5 Å². The summed E-state index contributed by atoms with van der Waals surface area (Å²) >= 11 is 0. The molecule has 0 radical (unpaired) electrons. The van der Waals surface area contributed by atoms with Gasteiger partial charge in [-0.1, -0.05) is 13.0 Å². The van der Waals surface area contributed by atoms with Crippen molar-refractivity contribution in [1.82, 2.24) is 4.98 Å². The molecular formula is C16H18FN3O. The molecule has 2 rings (SSSR count). The van der Waals surface area contributed by atoms with E-state index in [2.05, 4.69) is 15.6 Å². The molecule has 0 aliphatic carbocycles. The number of nitrogens with zero attached hydrogens (tertiary/aromatic N) is 1. The first-order valence-electron chi connectivity index (χ1n) is 6.87. The Bertz CT molecular complexity index is 643. The summed E-state index contributed by atoms with van der Waals surface area (Å²) < 4.78 is 13.7. The molecular weight excluding hydrogens is 269 g/mol. The SMILES string of the molecule is CCCNc1cc(C(=O)Nc2cc(C)ccc2F)ccn1. The van der Waals surface area contributed by atoms with Gasteiger partial charge in [0.25, 0.3) is 5.91 Å². The van der Waals surface area contributed by atoms with Crippen molar-refractivity contribution in [3.05, 3.63) is 53.5 Å². The van der Waals surface area contributed by atoms with E-state index in [4.69, 9.17) is 0 Å². The summed E-state index contributed by atoms with van der Waals surface area (Å²) in [7, 11) is 0. The van der Waals surface area contributed by atoms with Crippen LogP contribution in [-0.4, -0.2) is 17.4 Å². The lowest BCUT2D eigenvalue weighted by Gasteiger charge is -2.09. The Balaban J connectivity index is 2.14. The molecule has 1 aromatic carbocycles. The van der Waals surface area contributed by atoms with Crippen molar-refractivity contribution in [3.8, 4) is 0 Å². The number of anilines is 2. The van der Waals surface area contributed by atoms with Crippen molar-refractivity contribution in [3.63, 3.8) is 0 Å². The molecule has 1 aromatic heterocycles. The monoisotopic (exact) mass is 287 g/mol. The molecule has 1 amide bonds. The Morgan fingerprint density at radius 2 is 2.10 bits per heavy atom. The maximum absolute atomic E-state index is 13.7. The summed E-state index contributed by atoms with van der Waals surface area (Å²) in [6, 6.07) is 7.85. The van der Waals surface area contributed by atoms with Crippen LogP contribution in [0.4, 0.5) is 15.9 Å². The summed E-state index contributed by atoms with van der Waals surface area (Å²) in [6.07, 6.45) is 2.52. The van der Waals surface area contributed by atoms with Crippen LogP contribution in [0.1, 0.15) is 29.3 Å². The van der Waals surface area contributed by atoms with Gasteiger partial charge in [0, 0.05) is 18.3 Å². The molecule has 0 atom stereocenters. The zero-order valence-corrected chi connectivity index (χ0v) is 12.1. The van der Waals surface area contributed by atoms with E-state index in [9.17, 15) is 9.18 Å². The first-order chi connectivity index (χ1) is 10.1. The van der Waals surface area contributed by atoms with Gasteiger partial charge in [-0.25, -0.2) is 9.37 Å². The molecule has 5 heteroatoms. The molecule has 21 heavy (non-hydrogen) atoms. The molecule has 0 spiro atoms. The number of aryl methyl sites for hydroxylation is 1. The number of nitrogens with one attached hydrogen (secondary N) is 2. The van der Waals surface area contributed by atoms with E-state index in [0.717, 1.165) is 18.5 Å². The Kier molecular flexibility index (Phi) is 4.87. The molecule has 1 heterocycles. The van der Waals surface area contributed by atoms with Crippen LogP contribution in [0, 0.1) is 12.7 Å². The minimum absolute atomic E-state index is 0.180. The normalized spacial score (nSPS) is 10.2. The predicted molar refractivity (Wildman–Crippen MR) is 82.1 cm³/mol. The number of benzene rings is 1. The van der Waals surface area contributed by atoms with E-state index in [1.54, 1.807) is 30.5 Å². The maximum Gasteiger partial charge on any atom is 0.255 e. The highest BCUT2D eigenvalue weighted by molar-refractivity contribution is 6.04. The zero-order chi connectivity index (χ0) is 15.2. The average molecular weight is 287 g/mol. The van der Waals surface area contributed by atoms with Crippen molar-refractivity contribution in [2.24, 2.45) is 0 Å². The number of pyridine rings is 1. The molecule has 0 unspecified atom stereocenters. The highest BCUT2D eigenvalue weighted by Gasteiger charge is 2.10. The Morgan fingerprint density at radius 3 is 2.86 bits per heavy atom. The van der Waals surface area contributed by atoms with E-state index in [-0.39, 0.29) is 11.6 Å². The Labute approximate surface area is 123 Å².